The van der Waals surface area contributed by atoms with E-state index in [4.69, 9.17) is 18.6 Å². The molecule has 1 aliphatic heterocycles. The molecule has 1 aromatic carbocycles. The molecule has 0 aromatic heterocycles. The summed E-state index contributed by atoms with van der Waals surface area (Å²) in [6.07, 6.45) is -4.16. The molecule has 5 rings (SSSR count). The quantitative estimate of drug-likeness (QED) is 0.163. The molecule has 3 N–H and O–H groups in total. The Morgan fingerprint density at radius 3 is 2.27 bits per heavy atom. The molecular formula is C38H54O10Si. The largest absolute Gasteiger partial charge is 0.455 e. The smallest absolute Gasteiger partial charge is 0.338 e. The molecule has 270 valence electrons. The lowest BCUT2D eigenvalue weighted by Gasteiger charge is -2.68. The summed E-state index contributed by atoms with van der Waals surface area (Å²) >= 11 is 0. The highest BCUT2D eigenvalue weighted by molar-refractivity contribution is 6.73. The number of aliphatic hydroxyl groups is 3. The first-order valence-electron chi connectivity index (χ1n) is 17.8. The fourth-order valence-corrected chi connectivity index (χ4v) is 12.3. The molecule has 49 heavy (non-hydrogen) atoms. The van der Waals surface area contributed by atoms with Crippen LogP contribution in [0, 0.1) is 16.7 Å². The minimum Gasteiger partial charge on any atom is -0.455 e. The van der Waals surface area contributed by atoms with Crippen molar-refractivity contribution in [2.24, 2.45) is 16.7 Å². The normalized spacial score (nSPS) is 36.7. The highest BCUT2D eigenvalue weighted by atomic mass is 28.4. The van der Waals surface area contributed by atoms with E-state index in [2.05, 4.69) is 27.4 Å². The van der Waals surface area contributed by atoms with E-state index in [9.17, 15) is 24.9 Å². The molecule has 3 fully saturated rings. The molecule has 11 heteroatoms. The molecule has 0 radical (unpaired) electrons. The topological polar surface area (TPSA) is 149 Å². The molecule has 1 saturated heterocycles. The van der Waals surface area contributed by atoms with Gasteiger partial charge >= 0.3 is 11.9 Å². The van der Waals surface area contributed by atoms with Gasteiger partial charge in [0.25, 0.3) is 0 Å². The van der Waals surface area contributed by atoms with Gasteiger partial charge in [-0.15, -0.1) is 6.58 Å². The van der Waals surface area contributed by atoms with Crippen LogP contribution in [0.5, 0.6) is 0 Å². The van der Waals surface area contributed by atoms with E-state index in [1.807, 2.05) is 0 Å². The van der Waals surface area contributed by atoms with E-state index in [1.165, 1.54) is 0 Å². The maximum atomic E-state index is 15.3. The highest BCUT2D eigenvalue weighted by Crippen LogP contribution is 2.64. The molecule has 1 aromatic rings. The van der Waals surface area contributed by atoms with E-state index in [0.717, 1.165) is 18.1 Å². The molecule has 9 atom stereocenters. The number of hydrogen-bond donors (Lipinski definition) is 3. The number of Topliss-reactive ketones (excluding diaryl/α,β-unsaturated/α-hetero) is 1. The van der Waals surface area contributed by atoms with Gasteiger partial charge in [0.15, 0.2) is 19.7 Å². The summed E-state index contributed by atoms with van der Waals surface area (Å²) in [6.45, 7) is 16.6. The van der Waals surface area contributed by atoms with E-state index >= 15 is 4.79 Å². The van der Waals surface area contributed by atoms with Gasteiger partial charge in [-0.3, -0.25) is 9.59 Å². The van der Waals surface area contributed by atoms with Crippen molar-refractivity contribution < 1.29 is 48.3 Å². The molecule has 2 bridgehead atoms. The summed E-state index contributed by atoms with van der Waals surface area (Å²) in [7, 11) is -2.45. The van der Waals surface area contributed by atoms with Crippen molar-refractivity contribution in [1.29, 1.82) is 0 Å². The van der Waals surface area contributed by atoms with Crippen LogP contribution in [0.2, 0.25) is 18.1 Å². The zero-order valence-electron chi connectivity index (χ0n) is 30.0. The summed E-state index contributed by atoms with van der Waals surface area (Å²) < 4.78 is 26.2. The monoisotopic (exact) mass is 698 g/mol. The zero-order valence-corrected chi connectivity index (χ0v) is 31.0. The summed E-state index contributed by atoms with van der Waals surface area (Å²) in [5.41, 5.74) is -5.81. The van der Waals surface area contributed by atoms with Gasteiger partial charge in [0.1, 0.15) is 23.9 Å². The van der Waals surface area contributed by atoms with Crippen LogP contribution < -0.4 is 0 Å². The van der Waals surface area contributed by atoms with Crippen LogP contribution in [0.15, 0.2) is 54.1 Å². The van der Waals surface area contributed by atoms with Crippen molar-refractivity contribution in [3.8, 4) is 0 Å². The predicted octanol–water partition coefficient (Wildman–Crippen LogP) is 5.06. The number of rotatable bonds is 11. The molecule has 3 aliphatic carbocycles. The highest BCUT2D eigenvalue weighted by Gasteiger charge is 2.78. The number of fused-ring (bicyclic) bond motifs is 5. The molecule has 2 saturated carbocycles. The summed E-state index contributed by atoms with van der Waals surface area (Å²) in [6, 6.07) is 10.7. The third kappa shape index (κ3) is 5.69. The van der Waals surface area contributed by atoms with Crippen molar-refractivity contribution in [2.75, 3.05) is 6.61 Å². The average molecular weight is 699 g/mol. The Bertz CT molecular complexity index is 1480. The van der Waals surface area contributed by atoms with Gasteiger partial charge in [0, 0.05) is 24.7 Å². The fourth-order valence-electron chi connectivity index (χ4n) is 9.33. The first-order valence-corrected chi connectivity index (χ1v) is 20.3. The minimum absolute atomic E-state index is 0.0183. The Labute approximate surface area is 291 Å². The van der Waals surface area contributed by atoms with E-state index in [-0.39, 0.29) is 37.0 Å². The fraction of sp³-hybridized carbons (Fsp3) is 0.658. The number of carbonyl (C=O) groups excluding carboxylic acids is 3. The number of aliphatic hydroxyl groups excluding tert-OH is 2. The van der Waals surface area contributed by atoms with Gasteiger partial charge in [0.2, 0.25) is 0 Å². The van der Waals surface area contributed by atoms with E-state index < -0.39 is 84.5 Å². The minimum atomic E-state index is -2.45. The lowest BCUT2D eigenvalue weighted by molar-refractivity contribution is -0.345. The molecule has 0 spiro atoms. The van der Waals surface area contributed by atoms with Crippen LogP contribution in [0.1, 0.15) is 84.5 Å². The van der Waals surface area contributed by atoms with Crippen molar-refractivity contribution in [3.63, 3.8) is 0 Å². The van der Waals surface area contributed by atoms with Crippen molar-refractivity contribution >= 4 is 26.0 Å². The van der Waals surface area contributed by atoms with Crippen molar-refractivity contribution in [1.82, 2.24) is 0 Å². The Morgan fingerprint density at radius 1 is 1.08 bits per heavy atom. The molecule has 0 unspecified atom stereocenters. The standard InChI is InChI=1S/C38H54O10Si/c1-9-13-19-28(40)47-37-22-45-27(37)20-26(48-49(10-2,11-3)12-4)36(8)31(37)33(46-34(43)24-17-15-14-16-18-24)38(44)21-25(39)23(5)29(35(38,6)7)30(41)32(36)42/h9,14-18,25-27,30-31,33,39,41,44H,1,10-13,19-22H2,2-8H3/t25-,26-,27+,30+,31-,33-,36+,37-,38+/m0/s1. The maximum Gasteiger partial charge on any atom is 0.338 e. The summed E-state index contributed by atoms with van der Waals surface area (Å²) in [4.78, 5) is 42.9. The van der Waals surface area contributed by atoms with Gasteiger partial charge in [0.05, 0.1) is 35.7 Å². The van der Waals surface area contributed by atoms with Crippen molar-refractivity contribution in [3.05, 3.63) is 59.7 Å². The SMILES string of the molecule is C=CCCC(=O)O[C@@]12CO[C@@H]1C[C@H](O[Si](CC)(CC)CC)[C@@]1(C)C(=O)[C@H](O)C3=C(C)[C@@H](O)C[C@@](O)([C@@H](OC(=O)c4ccccc4)[C@H]21)C3(C)C. The van der Waals surface area contributed by atoms with Crippen LogP contribution >= 0.6 is 0 Å². The van der Waals surface area contributed by atoms with E-state index in [1.54, 1.807) is 64.1 Å². The van der Waals surface area contributed by atoms with E-state index in [0.29, 0.717) is 12.0 Å². The van der Waals surface area contributed by atoms with Gasteiger partial charge in [-0.1, -0.05) is 58.9 Å². The molecule has 4 aliphatic rings. The van der Waals surface area contributed by atoms with Crippen LogP contribution in [0.3, 0.4) is 0 Å². The third-order valence-corrected chi connectivity index (χ3v) is 17.4. The maximum absolute atomic E-state index is 15.3. The number of esters is 2. The molecule has 1 heterocycles. The molecular weight excluding hydrogens is 644 g/mol. The number of carbonyl (C=O) groups is 3. The lowest BCUT2D eigenvalue weighted by atomic mass is 9.44. The Morgan fingerprint density at radius 2 is 1.71 bits per heavy atom. The third-order valence-electron chi connectivity index (χ3n) is 12.8. The summed E-state index contributed by atoms with van der Waals surface area (Å²) in [5.74, 6) is -3.13. The Balaban J connectivity index is 1.83. The number of benzene rings is 1. The van der Waals surface area contributed by atoms with Crippen molar-refractivity contribution in [2.45, 2.75) is 134 Å². The number of hydrogen-bond acceptors (Lipinski definition) is 10. The second-order valence-corrected chi connectivity index (χ2v) is 19.9. The summed E-state index contributed by atoms with van der Waals surface area (Å²) in [5, 5.41) is 36.8. The second-order valence-electron chi connectivity index (χ2n) is 15.2. The lowest BCUT2D eigenvalue weighted by Crippen LogP contribution is -2.82. The average Bonchev–Trinajstić information content (AvgIpc) is 3.07. The second kappa shape index (κ2) is 13.5. The Kier molecular flexibility index (Phi) is 10.3. The number of allylic oxidation sites excluding steroid dienone is 1. The van der Waals surface area contributed by atoms with Crippen LogP contribution in [-0.4, -0.2) is 89.7 Å². The van der Waals surface area contributed by atoms with Crippen LogP contribution in [0.25, 0.3) is 0 Å². The molecule has 0 amide bonds. The predicted molar refractivity (Wildman–Crippen MR) is 185 cm³/mol. The number of ketones is 1. The van der Waals surface area contributed by atoms with Gasteiger partial charge < -0.3 is 34.0 Å². The van der Waals surface area contributed by atoms with Gasteiger partial charge in [-0.2, -0.15) is 0 Å². The first-order chi connectivity index (χ1) is 23.0. The molecule has 10 nitrogen and oxygen atoms in total. The van der Waals surface area contributed by atoms with Crippen LogP contribution in [0.4, 0.5) is 0 Å². The van der Waals surface area contributed by atoms with Gasteiger partial charge in [-0.05, 0) is 61.7 Å². The number of ether oxygens (including phenoxy) is 3. The first kappa shape index (κ1) is 37.6. The zero-order chi connectivity index (χ0) is 36.2. The van der Waals surface area contributed by atoms with Gasteiger partial charge in [-0.25, -0.2) is 4.79 Å². The Hall–Kier alpha value is -2.67. The van der Waals surface area contributed by atoms with Crippen LogP contribution in [-0.2, 0) is 28.2 Å².